The van der Waals surface area contributed by atoms with Crippen molar-refractivity contribution < 1.29 is 4.79 Å². The summed E-state index contributed by atoms with van der Waals surface area (Å²) in [5, 5.41) is 12.4. The van der Waals surface area contributed by atoms with Crippen LogP contribution >= 0.6 is 11.6 Å². The lowest BCUT2D eigenvalue weighted by molar-refractivity contribution is 0.0746. The second-order valence-electron chi connectivity index (χ2n) is 6.91. The zero-order chi connectivity index (χ0) is 20.2. The SMILES string of the molecule is Cc1ccnc(Nc2ccc(N3CCN(C(=O)c4ccc(Cl)cc4)CC3)nn2)c1. The van der Waals surface area contributed by atoms with Crippen LogP contribution in [0.25, 0.3) is 0 Å². The molecule has 1 fully saturated rings. The van der Waals surface area contributed by atoms with Crippen LogP contribution in [0.3, 0.4) is 0 Å². The summed E-state index contributed by atoms with van der Waals surface area (Å²) in [6, 6.07) is 14.7. The first-order chi connectivity index (χ1) is 14.1. The van der Waals surface area contributed by atoms with Crippen molar-refractivity contribution in [3.8, 4) is 0 Å². The van der Waals surface area contributed by atoms with Gasteiger partial charge in [-0.2, -0.15) is 0 Å². The Morgan fingerprint density at radius 3 is 2.38 bits per heavy atom. The van der Waals surface area contributed by atoms with Crippen molar-refractivity contribution in [1.29, 1.82) is 0 Å². The molecule has 1 aliphatic heterocycles. The van der Waals surface area contributed by atoms with E-state index >= 15 is 0 Å². The summed E-state index contributed by atoms with van der Waals surface area (Å²) < 4.78 is 0. The van der Waals surface area contributed by atoms with Gasteiger partial charge in [0.05, 0.1) is 0 Å². The zero-order valence-corrected chi connectivity index (χ0v) is 16.8. The maximum Gasteiger partial charge on any atom is 0.253 e. The van der Waals surface area contributed by atoms with Gasteiger partial charge in [-0.3, -0.25) is 4.79 Å². The number of piperazine rings is 1. The second-order valence-corrected chi connectivity index (χ2v) is 7.34. The highest BCUT2D eigenvalue weighted by Crippen LogP contribution is 2.18. The van der Waals surface area contributed by atoms with E-state index in [0.717, 1.165) is 17.2 Å². The lowest BCUT2D eigenvalue weighted by atomic mass is 10.2. The molecule has 8 heteroatoms. The Balaban J connectivity index is 1.34. The van der Waals surface area contributed by atoms with E-state index in [1.165, 1.54) is 0 Å². The molecule has 0 atom stereocenters. The van der Waals surface area contributed by atoms with Crippen molar-refractivity contribution in [2.24, 2.45) is 0 Å². The maximum atomic E-state index is 12.6. The standard InChI is InChI=1S/C21H21ClN6O/c1-15-8-9-23-19(14-15)24-18-6-7-20(26-25-18)27-10-12-28(13-11-27)21(29)16-2-4-17(22)5-3-16/h2-9,14H,10-13H2,1H3,(H,23,24,25). The summed E-state index contributed by atoms with van der Waals surface area (Å²) in [6.07, 6.45) is 1.75. The number of anilines is 3. The molecule has 1 aliphatic rings. The molecule has 0 radical (unpaired) electrons. The fraction of sp³-hybridized carbons (Fsp3) is 0.238. The number of nitrogens with one attached hydrogen (secondary N) is 1. The van der Waals surface area contributed by atoms with Crippen molar-refractivity contribution in [3.05, 3.63) is 70.9 Å². The number of aryl methyl sites for hydroxylation is 1. The Bertz CT molecular complexity index is 985. The lowest BCUT2D eigenvalue weighted by Crippen LogP contribution is -2.49. The van der Waals surface area contributed by atoms with Gasteiger partial charge in [0.1, 0.15) is 5.82 Å². The molecule has 7 nitrogen and oxygen atoms in total. The molecule has 1 amide bonds. The fourth-order valence-corrected chi connectivity index (χ4v) is 3.34. The topological polar surface area (TPSA) is 74.2 Å². The van der Waals surface area contributed by atoms with Crippen LogP contribution in [0.1, 0.15) is 15.9 Å². The minimum absolute atomic E-state index is 0.0256. The molecule has 0 bridgehead atoms. The van der Waals surface area contributed by atoms with Gasteiger partial charge in [0.25, 0.3) is 5.91 Å². The van der Waals surface area contributed by atoms with Crippen LogP contribution in [0.15, 0.2) is 54.7 Å². The molecule has 1 aromatic carbocycles. The molecule has 0 saturated carbocycles. The molecule has 0 spiro atoms. The number of hydrogen-bond acceptors (Lipinski definition) is 6. The van der Waals surface area contributed by atoms with Crippen molar-refractivity contribution in [2.45, 2.75) is 6.92 Å². The van der Waals surface area contributed by atoms with Gasteiger partial charge < -0.3 is 15.1 Å². The Kier molecular flexibility index (Phi) is 5.57. The first-order valence-corrected chi connectivity index (χ1v) is 9.79. The summed E-state index contributed by atoms with van der Waals surface area (Å²) in [5.74, 6) is 2.20. The van der Waals surface area contributed by atoms with E-state index in [0.29, 0.717) is 42.6 Å². The molecule has 3 heterocycles. The Morgan fingerprint density at radius 1 is 0.966 bits per heavy atom. The second kappa shape index (κ2) is 8.45. The molecule has 2 aromatic heterocycles. The quantitative estimate of drug-likeness (QED) is 0.711. The number of rotatable bonds is 4. The van der Waals surface area contributed by atoms with Gasteiger partial charge in [-0.1, -0.05) is 11.6 Å². The van der Waals surface area contributed by atoms with Crippen LogP contribution in [0.4, 0.5) is 17.5 Å². The largest absolute Gasteiger partial charge is 0.352 e. The third-order valence-corrected chi connectivity index (χ3v) is 5.06. The number of nitrogens with zero attached hydrogens (tertiary/aromatic N) is 5. The highest BCUT2D eigenvalue weighted by Gasteiger charge is 2.23. The first-order valence-electron chi connectivity index (χ1n) is 9.42. The summed E-state index contributed by atoms with van der Waals surface area (Å²) in [5.41, 5.74) is 1.78. The minimum Gasteiger partial charge on any atom is -0.352 e. The van der Waals surface area contributed by atoms with E-state index in [1.807, 2.05) is 36.1 Å². The number of hydrogen-bond donors (Lipinski definition) is 1. The molecular weight excluding hydrogens is 388 g/mol. The normalized spacial score (nSPS) is 14.0. The average Bonchev–Trinajstić information content (AvgIpc) is 2.75. The average molecular weight is 409 g/mol. The first kappa shape index (κ1) is 19.1. The third-order valence-electron chi connectivity index (χ3n) is 4.80. The van der Waals surface area contributed by atoms with Crippen molar-refractivity contribution in [1.82, 2.24) is 20.1 Å². The van der Waals surface area contributed by atoms with Crippen molar-refractivity contribution in [3.63, 3.8) is 0 Å². The molecule has 0 unspecified atom stereocenters. The number of benzene rings is 1. The fourth-order valence-electron chi connectivity index (χ4n) is 3.21. The van der Waals surface area contributed by atoms with E-state index in [9.17, 15) is 4.79 Å². The smallest absolute Gasteiger partial charge is 0.253 e. The van der Waals surface area contributed by atoms with E-state index in [4.69, 9.17) is 11.6 Å². The third kappa shape index (κ3) is 4.63. The summed E-state index contributed by atoms with van der Waals surface area (Å²) in [7, 11) is 0. The molecule has 148 valence electrons. The molecule has 3 aromatic rings. The highest BCUT2D eigenvalue weighted by atomic mass is 35.5. The minimum atomic E-state index is 0.0256. The summed E-state index contributed by atoms with van der Waals surface area (Å²) >= 11 is 5.90. The maximum absolute atomic E-state index is 12.6. The Hall–Kier alpha value is -3.19. The summed E-state index contributed by atoms with van der Waals surface area (Å²) in [6.45, 7) is 4.70. The van der Waals surface area contributed by atoms with Crippen LogP contribution in [0, 0.1) is 6.92 Å². The van der Waals surface area contributed by atoms with Crippen LogP contribution < -0.4 is 10.2 Å². The van der Waals surface area contributed by atoms with Gasteiger partial charge >= 0.3 is 0 Å². The van der Waals surface area contributed by atoms with Crippen molar-refractivity contribution >= 4 is 35.0 Å². The highest BCUT2D eigenvalue weighted by molar-refractivity contribution is 6.30. The van der Waals surface area contributed by atoms with Crippen LogP contribution in [-0.4, -0.2) is 52.2 Å². The number of halogens is 1. The van der Waals surface area contributed by atoms with Gasteiger partial charge in [0, 0.05) is 43.0 Å². The van der Waals surface area contributed by atoms with Gasteiger partial charge in [0.2, 0.25) is 0 Å². The van der Waals surface area contributed by atoms with Gasteiger partial charge in [-0.05, 0) is 61.0 Å². The number of amides is 1. The molecular formula is C21H21ClN6O. The van der Waals surface area contributed by atoms with Gasteiger partial charge in [-0.25, -0.2) is 4.98 Å². The number of pyridine rings is 1. The predicted octanol–water partition coefficient (Wildman–Crippen LogP) is 3.54. The zero-order valence-electron chi connectivity index (χ0n) is 16.0. The molecule has 1 saturated heterocycles. The number of aromatic nitrogens is 3. The number of carbonyl (C=O) groups is 1. The van der Waals surface area contributed by atoms with E-state index in [2.05, 4.69) is 25.4 Å². The van der Waals surface area contributed by atoms with E-state index in [1.54, 1.807) is 30.5 Å². The molecule has 29 heavy (non-hydrogen) atoms. The Morgan fingerprint density at radius 2 is 1.72 bits per heavy atom. The van der Waals surface area contributed by atoms with Crippen LogP contribution in [-0.2, 0) is 0 Å². The molecule has 1 N–H and O–H groups in total. The van der Waals surface area contributed by atoms with Crippen LogP contribution in [0.5, 0.6) is 0 Å². The number of carbonyl (C=O) groups excluding carboxylic acids is 1. The van der Waals surface area contributed by atoms with E-state index < -0.39 is 0 Å². The van der Waals surface area contributed by atoms with E-state index in [-0.39, 0.29) is 5.91 Å². The predicted molar refractivity (Wildman–Crippen MR) is 114 cm³/mol. The van der Waals surface area contributed by atoms with Crippen molar-refractivity contribution in [2.75, 3.05) is 36.4 Å². The lowest BCUT2D eigenvalue weighted by Gasteiger charge is -2.35. The molecule has 0 aliphatic carbocycles. The summed E-state index contributed by atoms with van der Waals surface area (Å²) in [4.78, 5) is 20.9. The van der Waals surface area contributed by atoms with Gasteiger partial charge in [0.15, 0.2) is 11.6 Å². The molecule has 4 rings (SSSR count). The monoisotopic (exact) mass is 408 g/mol. The van der Waals surface area contributed by atoms with Gasteiger partial charge in [-0.15, -0.1) is 10.2 Å². The van der Waals surface area contributed by atoms with Crippen LogP contribution in [0.2, 0.25) is 5.02 Å². The Labute approximate surface area is 174 Å².